The summed E-state index contributed by atoms with van der Waals surface area (Å²) >= 11 is 17.8. The highest BCUT2D eigenvalue weighted by Crippen LogP contribution is 2.36. The average molecular weight is 449 g/mol. The van der Waals surface area contributed by atoms with Crippen LogP contribution in [-0.2, 0) is 6.18 Å². The smallest absolute Gasteiger partial charge is 0.332 e. The molecule has 1 aromatic heterocycles. The first-order valence-corrected chi connectivity index (χ1v) is 9.24. The van der Waals surface area contributed by atoms with Gasteiger partial charge in [0.1, 0.15) is 5.01 Å². The lowest BCUT2D eigenvalue weighted by molar-refractivity contribution is -0.137. The molecule has 2 N–H and O–H groups in total. The van der Waals surface area contributed by atoms with E-state index in [1.165, 1.54) is 17.4 Å². The first kappa shape index (κ1) is 19.8. The van der Waals surface area contributed by atoms with Crippen LogP contribution in [0.4, 0.5) is 24.0 Å². The van der Waals surface area contributed by atoms with Crippen molar-refractivity contribution in [3.05, 3.63) is 58.1 Å². The van der Waals surface area contributed by atoms with Crippen molar-refractivity contribution < 1.29 is 13.2 Å². The summed E-state index contributed by atoms with van der Waals surface area (Å²) < 4.78 is 38.7. The highest BCUT2D eigenvalue weighted by atomic mass is 35.5. The molecular weight excluding hydrogens is 440 g/mol. The van der Waals surface area contributed by atoms with Gasteiger partial charge in [0.05, 0.1) is 10.6 Å². The molecule has 2 aromatic carbocycles. The third kappa shape index (κ3) is 5.07. The standard InChI is InChI=1S/C16H9Cl2F3N4S2/c17-9-3-1-8(2-4-9)13-24-25-15(27-13)23-14(26)22-10-5-6-12(18)11(7-10)16(19,20)21/h1-7H,(H2,22,23,25,26). The van der Waals surface area contributed by atoms with Crippen molar-refractivity contribution in [3.8, 4) is 10.6 Å². The summed E-state index contributed by atoms with van der Waals surface area (Å²) in [6, 6.07) is 10.5. The first-order chi connectivity index (χ1) is 12.7. The minimum atomic E-state index is -4.56. The van der Waals surface area contributed by atoms with E-state index in [0.29, 0.717) is 15.2 Å². The van der Waals surface area contributed by atoms with Crippen molar-refractivity contribution in [1.82, 2.24) is 10.2 Å². The minimum Gasteiger partial charge on any atom is -0.332 e. The molecule has 0 fully saturated rings. The van der Waals surface area contributed by atoms with Gasteiger partial charge in [0, 0.05) is 16.3 Å². The molecule has 0 amide bonds. The van der Waals surface area contributed by atoms with Crippen molar-refractivity contribution >= 4 is 62.7 Å². The molecule has 11 heteroatoms. The third-order valence-corrected chi connectivity index (χ3v) is 4.94. The zero-order chi connectivity index (χ0) is 19.6. The van der Waals surface area contributed by atoms with E-state index in [1.807, 2.05) is 0 Å². The molecule has 0 aliphatic carbocycles. The van der Waals surface area contributed by atoms with Gasteiger partial charge in [0.2, 0.25) is 5.13 Å². The number of hydrogen-bond acceptors (Lipinski definition) is 4. The summed E-state index contributed by atoms with van der Waals surface area (Å²) in [5.41, 5.74) is 0.0286. The summed E-state index contributed by atoms with van der Waals surface area (Å²) in [4.78, 5) is 0. The quantitative estimate of drug-likeness (QED) is 0.457. The molecule has 0 saturated heterocycles. The van der Waals surface area contributed by atoms with Crippen LogP contribution in [0.3, 0.4) is 0 Å². The monoisotopic (exact) mass is 448 g/mol. The summed E-state index contributed by atoms with van der Waals surface area (Å²) in [5.74, 6) is 0. The molecule has 0 spiro atoms. The number of nitrogens with zero attached hydrogens (tertiary/aromatic N) is 2. The maximum Gasteiger partial charge on any atom is 0.417 e. The largest absolute Gasteiger partial charge is 0.417 e. The lowest BCUT2D eigenvalue weighted by atomic mass is 10.2. The number of hydrogen-bond donors (Lipinski definition) is 2. The second kappa shape index (κ2) is 7.97. The fraction of sp³-hybridized carbons (Fsp3) is 0.0625. The highest BCUT2D eigenvalue weighted by molar-refractivity contribution is 7.80. The molecule has 4 nitrogen and oxygen atoms in total. The molecular formula is C16H9Cl2F3N4S2. The Morgan fingerprint density at radius 1 is 1.00 bits per heavy atom. The predicted molar refractivity (Wildman–Crippen MR) is 107 cm³/mol. The van der Waals surface area contributed by atoms with E-state index in [2.05, 4.69) is 20.8 Å². The van der Waals surface area contributed by atoms with Crippen LogP contribution in [0.15, 0.2) is 42.5 Å². The summed E-state index contributed by atoms with van der Waals surface area (Å²) in [7, 11) is 0. The fourth-order valence-electron chi connectivity index (χ4n) is 2.06. The van der Waals surface area contributed by atoms with E-state index in [-0.39, 0.29) is 15.8 Å². The van der Waals surface area contributed by atoms with Gasteiger partial charge < -0.3 is 10.6 Å². The van der Waals surface area contributed by atoms with Crippen LogP contribution in [0.2, 0.25) is 10.0 Å². The maximum atomic E-state index is 12.9. The van der Waals surface area contributed by atoms with E-state index in [1.54, 1.807) is 24.3 Å². The topological polar surface area (TPSA) is 49.8 Å². The predicted octanol–water partition coefficient (Wildman–Crippen LogP) is 6.34. The van der Waals surface area contributed by atoms with Crippen LogP contribution in [0.1, 0.15) is 5.56 Å². The van der Waals surface area contributed by atoms with Gasteiger partial charge in [0.25, 0.3) is 0 Å². The van der Waals surface area contributed by atoms with Gasteiger partial charge in [-0.1, -0.05) is 46.7 Å². The van der Waals surface area contributed by atoms with Gasteiger partial charge in [-0.2, -0.15) is 13.2 Å². The van der Waals surface area contributed by atoms with E-state index >= 15 is 0 Å². The number of anilines is 2. The van der Waals surface area contributed by atoms with Gasteiger partial charge >= 0.3 is 6.18 Å². The molecule has 0 saturated carbocycles. The van der Waals surface area contributed by atoms with E-state index < -0.39 is 11.7 Å². The number of benzene rings is 2. The summed E-state index contributed by atoms with van der Waals surface area (Å²) in [6.45, 7) is 0. The molecule has 140 valence electrons. The lowest BCUT2D eigenvalue weighted by Crippen LogP contribution is -2.19. The minimum absolute atomic E-state index is 0.0734. The molecule has 0 atom stereocenters. The fourth-order valence-corrected chi connectivity index (χ4v) is 3.45. The van der Waals surface area contributed by atoms with Crippen LogP contribution in [-0.4, -0.2) is 15.3 Å². The SMILES string of the molecule is FC(F)(F)c1cc(NC(=S)Nc2nnc(-c3ccc(Cl)cc3)s2)ccc1Cl. The Morgan fingerprint density at radius 2 is 1.70 bits per heavy atom. The third-order valence-electron chi connectivity index (χ3n) is 3.27. The van der Waals surface area contributed by atoms with Crippen LogP contribution in [0.25, 0.3) is 10.6 Å². The number of nitrogens with one attached hydrogen (secondary N) is 2. The van der Waals surface area contributed by atoms with Crippen LogP contribution in [0, 0.1) is 0 Å². The zero-order valence-corrected chi connectivity index (χ0v) is 16.3. The summed E-state index contributed by atoms with van der Waals surface area (Å²) in [5, 5.41) is 14.8. The van der Waals surface area contributed by atoms with Crippen molar-refractivity contribution in [1.29, 1.82) is 0 Å². The Morgan fingerprint density at radius 3 is 2.37 bits per heavy atom. The molecule has 27 heavy (non-hydrogen) atoms. The number of thiocarbonyl (C=S) groups is 1. The Bertz CT molecular complexity index is 975. The van der Waals surface area contributed by atoms with Gasteiger partial charge in [-0.05, 0) is 42.5 Å². The van der Waals surface area contributed by atoms with Crippen molar-refractivity contribution in [2.24, 2.45) is 0 Å². The van der Waals surface area contributed by atoms with Crippen LogP contribution in [0.5, 0.6) is 0 Å². The second-order valence-electron chi connectivity index (χ2n) is 5.19. The maximum absolute atomic E-state index is 12.9. The van der Waals surface area contributed by atoms with Gasteiger partial charge in [-0.3, -0.25) is 0 Å². The average Bonchev–Trinajstić information content (AvgIpc) is 3.04. The molecule has 0 aliphatic heterocycles. The van der Waals surface area contributed by atoms with E-state index in [4.69, 9.17) is 35.4 Å². The van der Waals surface area contributed by atoms with Crippen molar-refractivity contribution in [2.75, 3.05) is 10.6 Å². The second-order valence-corrected chi connectivity index (χ2v) is 7.42. The molecule has 3 aromatic rings. The van der Waals surface area contributed by atoms with Crippen LogP contribution >= 0.6 is 46.8 Å². The van der Waals surface area contributed by atoms with Gasteiger partial charge in [-0.15, -0.1) is 10.2 Å². The number of alkyl halides is 3. The van der Waals surface area contributed by atoms with Crippen molar-refractivity contribution in [3.63, 3.8) is 0 Å². The number of rotatable bonds is 3. The molecule has 0 unspecified atom stereocenters. The molecule has 0 bridgehead atoms. The van der Waals surface area contributed by atoms with Crippen LogP contribution < -0.4 is 10.6 Å². The summed E-state index contributed by atoms with van der Waals surface area (Å²) in [6.07, 6.45) is -4.56. The van der Waals surface area contributed by atoms with E-state index in [9.17, 15) is 13.2 Å². The highest BCUT2D eigenvalue weighted by Gasteiger charge is 2.33. The Kier molecular flexibility index (Phi) is 5.85. The Hall–Kier alpha value is -1.94. The normalized spacial score (nSPS) is 11.3. The Balaban J connectivity index is 1.69. The Labute approximate surface area is 171 Å². The molecule has 0 radical (unpaired) electrons. The molecule has 3 rings (SSSR count). The van der Waals surface area contributed by atoms with Gasteiger partial charge in [0.15, 0.2) is 5.11 Å². The van der Waals surface area contributed by atoms with Crippen molar-refractivity contribution in [2.45, 2.75) is 6.18 Å². The number of halogens is 5. The molecule has 1 heterocycles. The number of aromatic nitrogens is 2. The van der Waals surface area contributed by atoms with Gasteiger partial charge in [-0.25, -0.2) is 0 Å². The first-order valence-electron chi connectivity index (χ1n) is 7.26. The lowest BCUT2D eigenvalue weighted by Gasteiger charge is -2.12. The van der Waals surface area contributed by atoms with E-state index in [0.717, 1.165) is 17.7 Å². The molecule has 0 aliphatic rings. The zero-order valence-electron chi connectivity index (χ0n) is 13.1.